The third-order valence-corrected chi connectivity index (χ3v) is 8.56. The first-order valence-corrected chi connectivity index (χ1v) is 13.4. The minimum atomic E-state index is -0.176. The molecule has 2 aromatic carbocycles. The lowest BCUT2D eigenvalue weighted by Crippen LogP contribution is -2.51. The first kappa shape index (κ1) is 23.0. The van der Waals surface area contributed by atoms with Gasteiger partial charge in [-0.3, -0.25) is 14.6 Å². The monoisotopic (exact) mass is 482 g/mol. The predicted octanol–water partition coefficient (Wildman–Crippen LogP) is 4.96. The fourth-order valence-corrected chi connectivity index (χ4v) is 6.83. The second-order valence-corrected chi connectivity index (χ2v) is 10.6. The summed E-state index contributed by atoms with van der Waals surface area (Å²) in [4.78, 5) is 33.7. The van der Waals surface area contributed by atoms with Crippen LogP contribution in [0.3, 0.4) is 0 Å². The normalized spacial score (nSPS) is 30.7. The minimum Gasteiger partial charge on any atom is -0.381 e. The Morgan fingerprint density at radius 2 is 1.78 bits per heavy atom. The molecule has 186 valence electrons. The van der Waals surface area contributed by atoms with E-state index < -0.39 is 0 Å². The lowest BCUT2D eigenvalue weighted by Gasteiger charge is -2.43. The Hall–Kier alpha value is -3.41. The summed E-state index contributed by atoms with van der Waals surface area (Å²) in [7, 11) is 0. The Labute approximate surface area is 212 Å². The summed E-state index contributed by atoms with van der Waals surface area (Å²) in [5, 5.41) is 7.03. The molecule has 0 spiro atoms. The van der Waals surface area contributed by atoms with E-state index in [4.69, 9.17) is 0 Å². The van der Waals surface area contributed by atoms with E-state index in [-0.39, 0.29) is 35.9 Å². The molecule has 3 heterocycles. The first-order chi connectivity index (χ1) is 17.7. The molecule has 6 heteroatoms. The van der Waals surface area contributed by atoms with Crippen LogP contribution in [-0.4, -0.2) is 41.6 Å². The van der Waals surface area contributed by atoms with Gasteiger partial charge < -0.3 is 15.5 Å². The first-order valence-electron chi connectivity index (χ1n) is 13.4. The molecule has 2 fully saturated rings. The smallest absolute Gasteiger partial charge is 0.251 e. The SMILES string of the molecule is O=C(N[C@@H]1CCCC[C@@H]1C(=O)N1CC[C@@H]2[C@H](C3C=NC=CC3)Nc3ccccc3[C@@H]21)c1ccccc1. The van der Waals surface area contributed by atoms with Crippen LogP contribution in [0.15, 0.2) is 71.9 Å². The van der Waals surface area contributed by atoms with Crippen LogP contribution in [0.25, 0.3) is 0 Å². The number of benzene rings is 2. The number of rotatable bonds is 4. The van der Waals surface area contributed by atoms with Gasteiger partial charge in [-0.05, 0) is 49.4 Å². The van der Waals surface area contributed by atoms with Crippen LogP contribution in [0, 0.1) is 17.8 Å². The van der Waals surface area contributed by atoms with Gasteiger partial charge in [0.05, 0.1) is 12.0 Å². The molecule has 0 aromatic heterocycles. The Morgan fingerprint density at radius 1 is 0.972 bits per heavy atom. The number of likely N-dealkylation sites (tertiary alicyclic amines) is 1. The molecule has 1 aliphatic carbocycles. The zero-order valence-electron chi connectivity index (χ0n) is 20.6. The molecule has 1 unspecified atom stereocenters. The highest BCUT2D eigenvalue weighted by Gasteiger charge is 2.49. The van der Waals surface area contributed by atoms with Gasteiger partial charge in [-0.25, -0.2) is 0 Å². The van der Waals surface area contributed by atoms with Crippen LogP contribution < -0.4 is 10.6 Å². The van der Waals surface area contributed by atoms with Gasteiger partial charge in [0.15, 0.2) is 0 Å². The van der Waals surface area contributed by atoms with Crippen molar-refractivity contribution >= 4 is 23.7 Å². The van der Waals surface area contributed by atoms with Gasteiger partial charge in [0.1, 0.15) is 0 Å². The number of allylic oxidation sites excluding steroid dienone is 1. The van der Waals surface area contributed by atoms with E-state index in [0.29, 0.717) is 17.4 Å². The van der Waals surface area contributed by atoms with E-state index in [1.54, 1.807) is 0 Å². The van der Waals surface area contributed by atoms with Crippen molar-refractivity contribution in [2.24, 2.45) is 22.7 Å². The van der Waals surface area contributed by atoms with Gasteiger partial charge in [-0.15, -0.1) is 0 Å². The van der Waals surface area contributed by atoms with E-state index in [9.17, 15) is 9.59 Å². The fourth-order valence-electron chi connectivity index (χ4n) is 6.83. The topological polar surface area (TPSA) is 73.8 Å². The van der Waals surface area contributed by atoms with Crippen LogP contribution in [-0.2, 0) is 4.79 Å². The maximum Gasteiger partial charge on any atom is 0.251 e. The van der Waals surface area contributed by atoms with Crippen molar-refractivity contribution in [3.8, 4) is 0 Å². The van der Waals surface area contributed by atoms with E-state index in [2.05, 4.69) is 57.1 Å². The summed E-state index contributed by atoms with van der Waals surface area (Å²) < 4.78 is 0. The third-order valence-electron chi connectivity index (χ3n) is 8.56. The van der Waals surface area contributed by atoms with E-state index in [0.717, 1.165) is 50.8 Å². The molecule has 2 N–H and O–H groups in total. The van der Waals surface area contributed by atoms with Crippen LogP contribution >= 0.6 is 0 Å². The molecule has 36 heavy (non-hydrogen) atoms. The van der Waals surface area contributed by atoms with Gasteiger partial charge in [0.25, 0.3) is 5.91 Å². The zero-order chi connectivity index (χ0) is 24.5. The summed E-state index contributed by atoms with van der Waals surface area (Å²) in [6, 6.07) is 18.0. The molecule has 2 amide bonds. The lowest BCUT2D eigenvalue weighted by molar-refractivity contribution is -0.138. The van der Waals surface area contributed by atoms with Crippen molar-refractivity contribution < 1.29 is 9.59 Å². The molecular weight excluding hydrogens is 448 g/mol. The van der Waals surface area contributed by atoms with Crippen molar-refractivity contribution in [1.29, 1.82) is 0 Å². The molecule has 3 aliphatic heterocycles. The molecule has 4 aliphatic rings. The van der Waals surface area contributed by atoms with Gasteiger partial charge in [0, 0.05) is 54.1 Å². The van der Waals surface area contributed by atoms with Crippen molar-refractivity contribution in [3.05, 3.63) is 78.0 Å². The number of fused-ring (bicyclic) bond motifs is 3. The summed E-state index contributed by atoms with van der Waals surface area (Å²) in [5.41, 5.74) is 2.99. The molecule has 0 bridgehead atoms. The highest BCUT2D eigenvalue weighted by atomic mass is 16.2. The number of nitrogens with zero attached hydrogens (tertiary/aromatic N) is 2. The number of anilines is 1. The molecule has 1 saturated heterocycles. The Morgan fingerprint density at radius 3 is 2.61 bits per heavy atom. The molecule has 0 radical (unpaired) electrons. The van der Waals surface area contributed by atoms with E-state index >= 15 is 0 Å². The second-order valence-electron chi connectivity index (χ2n) is 10.6. The molecule has 1 saturated carbocycles. The molecule has 6 atom stereocenters. The average molecular weight is 483 g/mol. The highest BCUT2D eigenvalue weighted by Crippen LogP contribution is 2.49. The lowest BCUT2D eigenvalue weighted by atomic mass is 9.76. The van der Waals surface area contributed by atoms with E-state index in [1.165, 1.54) is 5.56 Å². The predicted molar refractivity (Wildman–Crippen MR) is 142 cm³/mol. The quantitative estimate of drug-likeness (QED) is 0.647. The van der Waals surface area contributed by atoms with Crippen molar-refractivity contribution in [2.75, 3.05) is 11.9 Å². The number of amides is 2. The largest absolute Gasteiger partial charge is 0.381 e. The summed E-state index contributed by atoms with van der Waals surface area (Å²) in [5.74, 6) is 0.598. The van der Waals surface area contributed by atoms with Gasteiger partial charge in [0.2, 0.25) is 5.91 Å². The standard InChI is InChI=1S/C30H34N4O2/c35-29(20-9-2-1-3-10-20)33-26-15-7-5-13-23(26)30(36)34-18-16-24-27(21-11-8-17-31-19-21)32-25-14-6-4-12-22(25)28(24)34/h1-4,6,8-10,12,14,17,19,21,23-24,26-28,32H,5,7,11,13,15-16,18H2,(H,33,35)/t21?,23-,24+,26+,27-,28-/m0/s1. The minimum absolute atomic E-state index is 0.0617. The Bertz CT molecular complexity index is 1180. The number of hydrogen-bond acceptors (Lipinski definition) is 4. The summed E-state index contributed by atoms with van der Waals surface area (Å²) in [6.45, 7) is 0.760. The van der Waals surface area contributed by atoms with Crippen molar-refractivity contribution in [2.45, 2.75) is 56.7 Å². The Balaban J connectivity index is 1.26. The Kier molecular flexibility index (Phi) is 6.34. The second kappa shape index (κ2) is 9.92. The van der Waals surface area contributed by atoms with Crippen LogP contribution in [0.4, 0.5) is 5.69 Å². The molecule has 6 nitrogen and oxygen atoms in total. The fraction of sp³-hybridized carbons (Fsp3) is 0.433. The van der Waals surface area contributed by atoms with Crippen LogP contribution in [0.5, 0.6) is 0 Å². The van der Waals surface area contributed by atoms with Gasteiger partial charge in [-0.1, -0.05) is 55.3 Å². The van der Waals surface area contributed by atoms with Crippen LogP contribution in [0.1, 0.15) is 60.5 Å². The van der Waals surface area contributed by atoms with E-state index in [1.807, 2.05) is 36.5 Å². The maximum atomic E-state index is 14.2. The number of carbonyl (C=O) groups is 2. The molecule has 6 rings (SSSR count). The number of nitrogens with one attached hydrogen (secondary N) is 2. The number of carbonyl (C=O) groups excluding carboxylic acids is 2. The van der Waals surface area contributed by atoms with Crippen molar-refractivity contribution in [3.63, 3.8) is 0 Å². The molecular formula is C30H34N4O2. The summed E-state index contributed by atoms with van der Waals surface area (Å²) >= 11 is 0. The number of hydrogen-bond donors (Lipinski definition) is 2. The van der Waals surface area contributed by atoms with Gasteiger partial charge in [-0.2, -0.15) is 0 Å². The molecule has 2 aromatic rings. The van der Waals surface area contributed by atoms with Crippen LogP contribution in [0.2, 0.25) is 0 Å². The average Bonchev–Trinajstić information content (AvgIpc) is 3.39. The van der Waals surface area contributed by atoms with Crippen molar-refractivity contribution in [1.82, 2.24) is 10.2 Å². The zero-order valence-corrected chi connectivity index (χ0v) is 20.6. The highest BCUT2D eigenvalue weighted by molar-refractivity contribution is 5.95. The number of aliphatic imine (C=N–C) groups is 1. The maximum absolute atomic E-state index is 14.2. The third kappa shape index (κ3) is 4.23. The van der Waals surface area contributed by atoms with Gasteiger partial charge >= 0.3 is 0 Å². The summed E-state index contributed by atoms with van der Waals surface area (Å²) in [6.07, 6.45) is 11.8. The number of para-hydroxylation sites is 1.